The zero-order valence-electron chi connectivity index (χ0n) is 11.4. The second kappa shape index (κ2) is 13.0. The van der Waals surface area contributed by atoms with E-state index < -0.39 is 15.9 Å². The average Bonchev–Trinajstić information content (AvgIpc) is 2.21. The molecule has 0 aromatic carbocycles. The fourth-order valence-corrected chi connectivity index (χ4v) is 1.74. The Morgan fingerprint density at radius 2 is 1.72 bits per heavy atom. The smallest absolute Gasteiger partial charge is 0.862 e. The number of nitrogens with zero attached hydrogens (tertiary/aromatic N) is 1. The molecule has 0 aromatic rings. The Balaban J connectivity index is 0. The van der Waals surface area contributed by atoms with Crippen LogP contribution in [0.15, 0.2) is 4.99 Å². The molecular formula is C11H22KNO4S. The second-order valence-corrected chi connectivity index (χ2v) is 5.65. The van der Waals surface area contributed by atoms with Gasteiger partial charge in [-0.25, -0.2) is 0 Å². The summed E-state index contributed by atoms with van der Waals surface area (Å²) in [6.07, 6.45) is 6.95. The topological polar surface area (TPSA) is 89.8 Å². The monoisotopic (exact) mass is 303 g/mol. The minimum atomic E-state index is -4.00. The van der Waals surface area contributed by atoms with Gasteiger partial charge >= 0.3 is 51.4 Å². The van der Waals surface area contributed by atoms with Crippen LogP contribution < -0.4 is 56.5 Å². The maximum Gasteiger partial charge on any atom is 1.00 e. The molecule has 0 saturated heterocycles. The maximum absolute atomic E-state index is 11.2. The van der Waals surface area contributed by atoms with Gasteiger partial charge in [0.05, 0.1) is 12.3 Å². The minimum absolute atomic E-state index is 0. The van der Waals surface area contributed by atoms with Crippen LogP contribution in [0, 0.1) is 0 Å². The van der Waals surface area contributed by atoms with Crippen molar-refractivity contribution >= 4 is 16.0 Å². The van der Waals surface area contributed by atoms with Gasteiger partial charge in [0.1, 0.15) is 0 Å². The largest absolute Gasteiger partial charge is 1.00 e. The third-order valence-corrected chi connectivity index (χ3v) is 3.08. The molecule has 0 unspecified atom stereocenters. The molecule has 0 aliphatic rings. The van der Waals surface area contributed by atoms with Crippen LogP contribution in [0.2, 0.25) is 0 Å². The first-order valence-corrected chi connectivity index (χ1v) is 7.72. The standard InChI is InChI=1S/C11H23NO4S.K/c1-2-3-4-5-6-7-8-11(13)12-9-10-17(14,15)16;/h2-10H2,1H3,(H,12,13)(H,14,15,16);/q;+1/p-1. The molecule has 0 aliphatic carbocycles. The average molecular weight is 303 g/mol. The minimum Gasteiger partial charge on any atom is -0.862 e. The Morgan fingerprint density at radius 1 is 1.17 bits per heavy atom. The first kappa shape index (κ1) is 21.3. The molecule has 0 aromatic heterocycles. The molecular weight excluding hydrogens is 281 g/mol. The molecule has 0 spiro atoms. The zero-order valence-corrected chi connectivity index (χ0v) is 15.3. The van der Waals surface area contributed by atoms with Crippen LogP contribution >= 0.6 is 0 Å². The van der Waals surface area contributed by atoms with Crippen molar-refractivity contribution in [1.29, 1.82) is 0 Å². The van der Waals surface area contributed by atoms with Gasteiger partial charge in [-0.05, 0) is 18.7 Å². The summed E-state index contributed by atoms with van der Waals surface area (Å²) in [7, 11) is -4.00. The van der Waals surface area contributed by atoms with Crippen LogP contribution in [0.25, 0.3) is 0 Å². The van der Waals surface area contributed by atoms with Gasteiger partial charge < -0.3 is 10.1 Å². The van der Waals surface area contributed by atoms with E-state index >= 15 is 0 Å². The first-order valence-electron chi connectivity index (χ1n) is 6.11. The molecule has 1 N–H and O–H groups in total. The number of aliphatic imine (C=N–C) groups is 1. The Labute approximate surface area is 153 Å². The Hall–Kier alpha value is 1.02. The van der Waals surface area contributed by atoms with Crippen LogP contribution in [0.3, 0.4) is 0 Å². The van der Waals surface area contributed by atoms with Crippen molar-refractivity contribution in [2.24, 2.45) is 4.99 Å². The van der Waals surface area contributed by atoms with Gasteiger partial charge in [-0.3, -0.25) is 4.55 Å². The van der Waals surface area contributed by atoms with Gasteiger partial charge in [0, 0.05) is 0 Å². The second-order valence-electron chi connectivity index (χ2n) is 4.08. The normalized spacial score (nSPS) is 12.2. The molecule has 0 amide bonds. The first-order chi connectivity index (χ1) is 7.95. The van der Waals surface area contributed by atoms with Gasteiger partial charge in [0.15, 0.2) is 0 Å². The molecule has 0 radical (unpaired) electrons. The van der Waals surface area contributed by atoms with E-state index in [-0.39, 0.29) is 63.8 Å². The van der Waals surface area contributed by atoms with E-state index in [4.69, 9.17) is 4.55 Å². The van der Waals surface area contributed by atoms with E-state index in [0.29, 0.717) is 6.42 Å². The predicted molar refractivity (Wildman–Crippen MR) is 66.7 cm³/mol. The van der Waals surface area contributed by atoms with Crippen molar-refractivity contribution in [1.82, 2.24) is 0 Å². The van der Waals surface area contributed by atoms with Gasteiger partial charge in [-0.15, -0.1) is 0 Å². The molecule has 0 bridgehead atoms. The fraction of sp³-hybridized carbons (Fsp3) is 0.909. The third-order valence-electron chi connectivity index (χ3n) is 2.38. The Bertz CT molecular complexity index is 317. The maximum atomic E-state index is 11.2. The molecule has 0 atom stereocenters. The van der Waals surface area contributed by atoms with Crippen molar-refractivity contribution < 1.29 is 69.5 Å². The Kier molecular flexibility index (Phi) is 15.4. The number of unbranched alkanes of at least 4 members (excludes halogenated alkanes) is 5. The molecule has 0 heterocycles. The summed E-state index contributed by atoms with van der Waals surface area (Å²) in [5, 5.41) is 11.2. The van der Waals surface area contributed by atoms with E-state index in [0.717, 1.165) is 19.3 Å². The van der Waals surface area contributed by atoms with Crippen molar-refractivity contribution in [3.05, 3.63) is 0 Å². The molecule has 0 saturated carbocycles. The summed E-state index contributed by atoms with van der Waals surface area (Å²) in [5.41, 5.74) is 0. The van der Waals surface area contributed by atoms with Crippen LogP contribution in [0.4, 0.5) is 0 Å². The number of hydrogen-bond acceptors (Lipinski definition) is 4. The molecule has 7 heteroatoms. The van der Waals surface area contributed by atoms with Gasteiger partial charge in [-0.1, -0.05) is 39.0 Å². The molecule has 0 aliphatic heterocycles. The van der Waals surface area contributed by atoms with E-state index in [1.807, 2.05) is 0 Å². The summed E-state index contributed by atoms with van der Waals surface area (Å²) >= 11 is 0. The van der Waals surface area contributed by atoms with Crippen LogP contribution in [0.1, 0.15) is 51.9 Å². The van der Waals surface area contributed by atoms with Gasteiger partial charge in [-0.2, -0.15) is 8.42 Å². The van der Waals surface area contributed by atoms with Crippen molar-refractivity contribution in [2.75, 3.05) is 12.3 Å². The van der Waals surface area contributed by atoms with E-state index in [1.54, 1.807) is 0 Å². The number of rotatable bonds is 10. The molecule has 5 nitrogen and oxygen atoms in total. The van der Waals surface area contributed by atoms with Gasteiger partial charge in [0.25, 0.3) is 10.1 Å². The fourth-order valence-electron chi connectivity index (χ4n) is 1.42. The SMILES string of the molecule is CCCCCCCCC([O-])=NCCS(=O)(=O)O.[K+]. The quantitative estimate of drug-likeness (QED) is 0.173. The van der Waals surface area contributed by atoms with Crippen LogP contribution in [-0.4, -0.2) is 31.2 Å². The van der Waals surface area contributed by atoms with Crippen LogP contribution in [0.5, 0.6) is 0 Å². The summed E-state index contributed by atoms with van der Waals surface area (Å²) in [6, 6.07) is 0. The molecule has 0 fully saturated rings. The summed E-state index contributed by atoms with van der Waals surface area (Å²) in [4.78, 5) is 3.57. The number of hydrogen-bond donors (Lipinski definition) is 1. The molecule has 102 valence electrons. The predicted octanol–water partition coefficient (Wildman–Crippen LogP) is -1.61. The van der Waals surface area contributed by atoms with E-state index in [9.17, 15) is 13.5 Å². The Morgan fingerprint density at radius 3 is 2.28 bits per heavy atom. The molecule has 0 rings (SSSR count). The summed E-state index contributed by atoms with van der Waals surface area (Å²) in [6.45, 7) is 2.01. The zero-order chi connectivity index (χ0) is 13.1. The van der Waals surface area contributed by atoms with Crippen molar-refractivity contribution in [2.45, 2.75) is 51.9 Å². The van der Waals surface area contributed by atoms with E-state index in [1.165, 1.54) is 19.3 Å². The van der Waals surface area contributed by atoms with Crippen molar-refractivity contribution in [3.8, 4) is 0 Å². The summed E-state index contributed by atoms with van der Waals surface area (Å²) in [5.74, 6) is -0.751. The molecule has 18 heavy (non-hydrogen) atoms. The third kappa shape index (κ3) is 17.0. The van der Waals surface area contributed by atoms with Crippen molar-refractivity contribution in [3.63, 3.8) is 0 Å². The van der Waals surface area contributed by atoms with Crippen LogP contribution in [-0.2, 0) is 10.1 Å². The van der Waals surface area contributed by atoms with Gasteiger partial charge in [0.2, 0.25) is 0 Å². The van der Waals surface area contributed by atoms with E-state index in [2.05, 4.69) is 11.9 Å². The summed E-state index contributed by atoms with van der Waals surface area (Å²) < 4.78 is 29.1.